The third kappa shape index (κ3) is 6.47. The topological polar surface area (TPSA) is 94.1 Å². The molecular weight excluding hydrogens is 487 g/mol. The Hall–Kier alpha value is -3.07. The van der Waals surface area contributed by atoms with Crippen molar-refractivity contribution in [3.8, 4) is 11.5 Å². The van der Waals surface area contributed by atoms with Crippen molar-refractivity contribution in [2.24, 2.45) is 5.10 Å². The molecule has 0 heterocycles. The quantitative estimate of drug-likeness (QED) is 0.195. The van der Waals surface area contributed by atoms with Crippen LogP contribution in [0.4, 0.5) is 0 Å². The molecule has 172 valence electrons. The summed E-state index contributed by atoms with van der Waals surface area (Å²) in [6.45, 7) is 3.95. The number of rotatable bonds is 8. The van der Waals surface area contributed by atoms with E-state index < -0.39 is 16.0 Å². The third-order valence-corrected chi connectivity index (χ3v) is 6.13. The third-order valence-electron chi connectivity index (χ3n) is 4.34. The second-order valence-corrected chi connectivity index (χ2v) is 9.32. The van der Waals surface area contributed by atoms with Crippen LogP contribution in [-0.4, -0.2) is 27.2 Å². The van der Waals surface area contributed by atoms with Gasteiger partial charge in [-0.05, 0) is 67.9 Å². The number of nitrogens with one attached hydrogen (secondary N) is 1. The van der Waals surface area contributed by atoms with Gasteiger partial charge in [0.1, 0.15) is 0 Å². The summed E-state index contributed by atoms with van der Waals surface area (Å²) in [5.41, 5.74) is 1.62. The van der Waals surface area contributed by atoms with Gasteiger partial charge >= 0.3 is 5.97 Å². The highest BCUT2D eigenvalue weighted by molar-refractivity contribution is 7.89. The van der Waals surface area contributed by atoms with Gasteiger partial charge in [-0.2, -0.15) is 13.5 Å². The maximum absolute atomic E-state index is 12.5. The van der Waals surface area contributed by atoms with Crippen molar-refractivity contribution >= 4 is 45.4 Å². The van der Waals surface area contributed by atoms with Crippen LogP contribution >= 0.6 is 23.2 Å². The number of carbonyl (C=O) groups excluding carboxylic acids is 1. The van der Waals surface area contributed by atoms with Gasteiger partial charge in [0.15, 0.2) is 11.5 Å². The number of halogens is 2. The van der Waals surface area contributed by atoms with Crippen molar-refractivity contribution in [1.29, 1.82) is 0 Å². The number of carbonyl (C=O) groups is 1. The molecule has 0 atom stereocenters. The number of benzene rings is 3. The Morgan fingerprint density at radius 3 is 2.42 bits per heavy atom. The maximum Gasteiger partial charge on any atom is 0.345 e. The molecule has 0 saturated carbocycles. The molecule has 0 spiro atoms. The van der Waals surface area contributed by atoms with Crippen LogP contribution in [0.5, 0.6) is 11.5 Å². The lowest BCUT2D eigenvalue weighted by Crippen LogP contribution is -2.18. The number of aryl methyl sites for hydroxylation is 1. The van der Waals surface area contributed by atoms with E-state index in [1.807, 2.05) is 6.92 Å². The molecule has 0 radical (unpaired) electrons. The number of hydrogen-bond donors (Lipinski definition) is 1. The van der Waals surface area contributed by atoms with Crippen LogP contribution in [0.1, 0.15) is 28.4 Å². The number of nitrogens with zero attached hydrogens (tertiary/aromatic N) is 1. The fraction of sp³-hybridized carbons (Fsp3) is 0.130. The summed E-state index contributed by atoms with van der Waals surface area (Å²) in [5.74, 6) is -0.226. The SMILES string of the molecule is CCOc1cc(C=NNS(=O)(=O)c2ccc(C)cc2)ccc1OC(=O)c1ccc(Cl)cc1Cl. The number of sulfonamides is 1. The predicted octanol–water partition coefficient (Wildman–Crippen LogP) is 5.23. The lowest BCUT2D eigenvalue weighted by atomic mass is 10.2. The van der Waals surface area contributed by atoms with Gasteiger partial charge in [0.25, 0.3) is 10.0 Å². The number of ether oxygens (including phenoxy) is 2. The van der Waals surface area contributed by atoms with E-state index >= 15 is 0 Å². The monoisotopic (exact) mass is 506 g/mol. The second-order valence-electron chi connectivity index (χ2n) is 6.82. The first-order valence-corrected chi connectivity index (χ1v) is 12.0. The Bertz CT molecular complexity index is 1290. The Kier molecular flexibility index (Phi) is 7.97. The molecule has 0 aliphatic rings. The fourth-order valence-corrected chi connectivity index (χ4v) is 3.98. The van der Waals surface area contributed by atoms with E-state index in [1.54, 1.807) is 31.2 Å². The normalized spacial score (nSPS) is 11.4. The van der Waals surface area contributed by atoms with Crippen LogP contribution in [0.25, 0.3) is 0 Å². The minimum Gasteiger partial charge on any atom is -0.490 e. The molecule has 3 rings (SSSR count). The Morgan fingerprint density at radius 2 is 1.76 bits per heavy atom. The van der Waals surface area contributed by atoms with Crippen LogP contribution in [0.15, 0.2) is 70.7 Å². The summed E-state index contributed by atoms with van der Waals surface area (Å²) < 4.78 is 35.7. The average Bonchev–Trinajstić information content (AvgIpc) is 2.75. The van der Waals surface area contributed by atoms with Crippen molar-refractivity contribution in [3.63, 3.8) is 0 Å². The summed E-state index contributed by atoms with van der Waals surface area (Å²) in [4.78, 5) is 14.8. The zero-order valence-corrected chi connectivity index (χ0v) is 20.0. The Morgan fingerprint density at radius 1 is 1.03 bits per heavy atom. The highest BCUT2D eigenvalue weighted by atomic mass is 35.5. The van der Waals surface area contributed by atoms with E-state index in [0.29, 0.717) is 17.2 Å². The molecule has 0 fully saturated rings. The van der Waals surface area contributed by atoms with Gasteiger partial charge in [-0.1, -0.05) is 40.9 Å². The molecule has 0 amide bonds. The lowest BCUT2D eigenvalue weighted by Gasteiger charge is -2.12. The molecule has 0 aromatic heterocycles. The van der Waals surface area contributed by atoms with Gasteiger partial charge in [0.05, 0.1) is 28.3 Å². The summed E-state index contributed by atoms with van der Waals surface area (Å²) in [6, 6.07) is 15.5. The van der Waals surface area contributed by atoms with Crippen molar-refractivity contribution in [1.82, 2.24) is 4.83 Å². The highest BCUT2D eigenvalue weighted by Crippen LogP contribution is 2.30. The van der Waals surface area contributed by atoms with Gasteiger partial charge in [0.2, 0.25) is 0 Å². The fourth-order valence-electron chi connectivity index (χ4n) is 2.71. The van der Waals surface area contributed by atoms with Crippen molar-refractivity contribution < 1.29 is 22.7 Å². The zero-order chi connectivity index (χ0) is 24.0. The number of hydrogen-bond acceptors (Lipinski definition) is 6. The van der Waals surface area contributed by atoms with Crippen LogP contribution in [0.2, 0.25) is 10.0 Å². The zero-order valence-electron chi connectivity index (χ0n) is 17.7. The molecule has 0 saturated heterocycles. The van der Waals surface area contributed by atoms with Crippen LogP contribution in [0, 0.1) is 6.92 Å². The van der Waals surface area contributed by atoms with E-state index in [2.05, 4.69) is 9.93 Å². The van der Waals surface area contributed by atoms with Crippen LogP contribution in [-0.2, 0) is 10.0 Å². The van der Waals surface area contributed by atoms with E-state index in [0.717, 1.165) is 5.56 Å². The molecule has 0 aliphatic carbocycles. The van der Waals surface area contributed by atoms with Gasteiger partial charge in [-0.25, -0.2) is 9.63 Å². The van der Waals surface area contributed by atoms with Gasteiger partial charge < -0.3 is 9.47 Å². The van der Waals surface area contributed by atoms with E-state index in [4.69, 9.17) is 32.7 Å². The minimum atomic E-state index is -3.80. The standard InChI is InChI=1S/C23H20Cl2N2O5S/c1-3-31-22-12-16(14-26-27-33(29,30)18-8-4-15(2)5-9-18)6-11-21(22)32-23(28)19-10-7-17(24)13-20(19)25/h4-14,27H,3H2,1-2H3. The molecule has 10 heteroatoms. The van der Waals surface area contributed by atoms with Gasteiger partial charge in [-0.15, -0.1) is 0 Å². The molecule has 0 aliphatic heterocycles. The molecule has 3 aromatic carbocycles. The van der Waals surface area contributed by atoms with E-state index in [9.17, 15) is 13.2 Å². The molecule has 1 N–H and O–H groups in total. The summed E-state index contributed by atoms with van der Waals surface area (Å²) in [7, 11) is -3.80. The predicted molar refractivity (Wildman–Crippen MR) is 128 cm³/mol. The molecule has 0 bridgehead atoms. The Balaban J connectivity index is 1.76. The highest BCUT2D eigenvalue weighted by Gasteiger charge is 2.16. The number of esters is 1. The molecule has 3 aromatic rings. The smallest absolute Gasteiger partial charge is 0.345 e. The first-order valence-electron chi connectivity index (χ1n) is 9.75. The summed E-state index contributed by atoms with van der Waals surface area (Å²) in [5, 5.41) is 4.37. The molecule has 33 heavy (non-hydrogen) atoms. The molecular formula is C23H20Cl2N2O5S. The van der Waals surface area contributed by atoms with Crippen molar-refractivity contribution in [2.75, 3.05) is 6.61 Å². The number of hydrazone groups is 1. The first-order chi connectivity index (χ1) is 15.7. The van der Waals surface area contributed by atoms with Gasteiger partial charge in [0, 0.05) is 5.02 Å². The second kappa shape index (κ2) is 10.7. The van der Waals surface area contributed by atoms with E-state index in [1.165, 1.54) is 42.6 Å². The summed E-state index contributed by atoms with van der Waals surface area (Å²) >= 11 is 11.9. The molecule has 0 unspecified atom stereocenters. The summed E-state index contributed by atoms with van der Waals surface area (Å²) in [6.07, 6.45) is 1.32. The van der Waals surface area contributed by atoms with Crippen molar-refractivity contribution in [2.45, 2.75) is 18.7 Å². The Labute approximate surface area is 202 Å². The largest absolute Gasteiger partial charge is 0.490 e. The van der Waals surface area contributed by atoms with Gasteiger partial charge in [-0.3, -0.25) is 0 Å². The minimum absolute atomic E-state index is 0.100. The van der Waals surface area contributed by atoms with E-state index in [-0.39, 0.29) is 27.0 Å². The van der Waals surface area contributed by atoms with Crippen LogP contribution < -0.4 is 14.3 Å². The first kappa shape index (κ1) is 24.6. The maximum atomic E-state index is 12.5. The molecule has 7 nitrogen and oxygen atoms in total. The average molecular weight is 507 g/mol. The lowest BCUT2D eigenvalue weighted by molar-refractivity contribution is 0.0728. The van der Waals surface area contributed by atoms with Crippen molar-refractivity contribution in [3.05, 3.63) is 87.4 Å². The van der Waals surface area contributed by atoms with Crippen LogP contribution in [0.3, 0.4) is 0 Å².